The van der Waals surface area contributed by atoms with Crippen LogP contribution in [0, 0.1) is 18.8 Å². The summed E-state index contributed by atoms with van der Waals surface area (Å²) in [7, 11) is 1.73. The molecule has 2 bridgehead atoms. The predicted octanol–water partition coefficient (Wildman–Crippen LogP) is 4.90. The Hall–Kier alpha value is -3.07. The minimum Gasteiger partial charge on any atom is -0.394 e. The molecule has 1 spiro atoms. The van der Waals surface area contributed by atoms with Gasteiger partial charge in [-0.1, -0.05) is 66.2 Å². The standard InChI is InChI=1S/C34H40ClN3O4S/c1-6-18-36(5)30(40)26-27-31(41)38(24(21-39)20-23-13-9-8-10-14-23)29(34(27)17-16-33(26,4)43-34)32(42)37(19-7-2)28-22(3)12-11-15-25(28)35/h6-15,24,26-27,29,39H,1-2,16-21H2,3-5H3/t24-,26-,27+,29?,33+,34?/m1/s1. The molecule has 9 heteroatoms. The van der Waals surface area contributed by atoms with E-state index in [0.29, 0.717) is 36.5 Å². The van der Waals surface area contributed by atoms with Gasteiger partial charge < -0.3 is 19.8 Å². The van der Waals surface area contributed by atoms with Gasteiger partial charge >= 0.3 is 0 Å². The summed E-state index contributed by atoms with van der Waals surface area (Å²) in [4.78, 5) is 48.7. The summed E-state index contributed by atoms with van der Waals surface area (Å²) in [6, 6.07) is 13.6. The van der Waals surface area contributed by atoms with Crippen LogP contribution in [0.15, 0.2) is 73.8 Å². The summed E-state index contributed by atoms with van der Waals surface area (Å²) in [6.07, 6.45) is 5.01. The number of thioether (sulfide) groups is 1. The first kappa shape index (κ1) is 31.4. The maximum absolute atomic E-state index is 15.0. The highest BCUT2D eigenvalue weighted by molar-refractivity contribution is 8.02. The topological polar surface area (TPSA) is 81.2 Å². The fraction of sp³-hybridized carbons (Fsp3) is 0.441. The van der Waals surface area contributed by atoms with Crippen molar-refractivity contribution in [1.82, 2.24) is 9.80 Å². The van der Waals surface area contributed by atoms with E-state index in [1.54, 1.807) is 51.7 Å². The lowest BCUT2D eigenvalue weighted by Crippen LogP contribution is -2.58. The van der Waals surface area contributed by atoms with Crippen molar-refractivity contribution in [3.05, 3.63) is 90.0 Å². The van der Waals surface area contributed by atoms with Crippen LogP contribution in [-0.4, -0.2) is 80.9 Å². The van der Waals surface area contributed by atoms with Crippen molar-refractivity contribution in [2.75, 3.05) is 31.6 Å². The number of aryl methyl sites for hydroxylation is 1. The Labute approximate surface area is 263 Å². The number of carbonyl (C=O) groups is 3. The number of benzene rings is 2. The summed E-state index contributed by atoms with van der Waals surface area (Å²) in [5.41, 5.74) is 2.35. The maximum Gasteiger partial charge on any atom is 0.251 e. The highest BCUT2D eigenvalue weighted by Gasteiger charge is 2.78. The molecule has 43 heavy (non-hydrogen) atoms. The van der Waals surface area contributed by atoms with E-state index < -0.39 is 33.4 Å². The largest absolute Gasteiger partial charge is 0.394 e. The second-order valence-corrected chi connectivity index (χ2v) is 14.5. The van der Waals surface area contributed by atoms with Gasteiger partial charge in [-0.15, -0.1) is 24.9 Å². The molecule has 1 N–H and O–H groups in total. The quantitative estimate of drug-likeness (QED) is 0.361. The molecular formula is C34H40ClN3O4S. The maximum atomic E-state index is 15.0. The Morgan fingerprint density at radius 3 is 2.44 bits per heavy atom. The summed E-state index contributed by atoms with van der Waals surface area (Å²) in [5, 5.41) is 11.2. The SMILES string of the molecule is C=CCN(C)C(=O)[C@H]1[C@H]2C(=O)N([C@@H](CO)Cc3ccccc3)C(C(=O)N(CC=C)c3c(C)cccc3Cl)C23CC[C@]1(C)S3. The zero-order valence-corrected chi connectivity index (χ0v) is 26.6. The number of hydrogen-bond donors (Lipinski definition) is 1. The van der Waals surface area contributed by atoms with Crippen molar-refractivity contribution in [3.63, 3.8) is 0 Å². The molecule has 3 saturated heterocycles. The molecule has 0 radical (unpaired) electrons. The number of amides is 3. The number of likely N-dealkylation sites (N-methyl/N-ethyl adjacent to an activating group) is 1. The monoisotopic (exact) mass is 621 g/mol. The fourth-order valence-electron chi connectivity index (χ4n) is 7.60. The number of para-hydroxylation sites is 1. The van der Waals surface area contributed by atoms with Crippen LogP contribution in [0.5, 0.6) is 0 Å². The van der Waals surface area contributed by atoms with Gasteiger partial charge in [-0.25, -0.2) is 0 Å². The molecule has 3 aliphatic heterocycles. The normalized spacial score (nSPS) is 28.0. The Bertz CT molecular complexity index is 1420. The molecule has 0 aromatic heterocycles. The molecular weight excluding hydrogens is 582 g/mol. The first-order valence-electron chi connectivity index (χ1n) is 14.7. The summed E-state index contributed by atoms with van der Waals surface area (Å²) in [5.74, 6) is -1.94. The number of rotatable bonds is 11. The zero-order valence-electron chi connectivity index (χ0n) is 25.0. The number of likely N-dealkylation sites (tertiary alicyclic amines) is 1. The van der Waals surface area contributed by atoms with Crippen molar-refractivity contribution in [1.29, 1.82) is 0 Å². The Kier molecular flexibility index (Phi) is 8.85. The molecule has 0 saturated carbocycles. The molecule has 3 heterocycles. The van der Waals surface area contributed by atoms with Crippen LogP contribution in [0.3, 0.4) is 0 Å². The van der Waals surface area contributed by atoms with Gasteiger partial charge in [-0.2, -0.15) is 0 Å². The number of halogens is 1. The lowest BCUT2D eigenvalue weighted by atomic mass is 9.66. The number of carbonyl (C=O) groups excluding carboxylic acids is 3. The van der Waals surface area contributed by atoms with E-state index in [0.717, 1.165) is 11.1 Å². The van der Waals surface area contributed by atoms with Gasteiger partial charge in [-0.3, -0.25) is 14.4 Å². The van der Waals surface area contributed by atoms with Crippen molar-refractivity contribution in [2.45, 2.75) is 54.7 Å². The van der Waals surface area contributed by atoms with Gasteiger partial charge in [0.25, 0.3) is 5.91 Å². The molecule has 2 aromatic carbocycles. The van der Waals surface area contributed by atoms with Crippen molar-refractivity contribution in [3.8, 4) is 0 Å². The molecule has 5 rings (SSSR count). The molecule has 3 amide bonds. The highest BCUT2D eigenvalue weighted by Crippen LogP contribution is 2.72. The summed E-state index contributed by atoms with van der Waals surface area (Å²) in [6.45, 7) is 11.9. The van der Waals surface area contributed by atoms with E-state index in [1.807, 2.05) is 49.4 Å². The lowest BCUT2D eigenvalue weighted by molar-refractivity contribution is -0.145. The molecule has 228 valence electrons. The van der Waals surface area contributed by atoms with Crippen molar-refractivity contribution >= 4 is 46.8 Å². The molecule has 3 fully saturated rings. The van der Waals surface area contributed by atoms with Gasteiger partial charge in [0.05, 0.1) is 39.9 Å². The van der Waals surface area contributed by atoms with Crippen LogP contribution >= 0.6 is 23.4 Å². The van der Waals surface area contributed by atoms with Gasteiger partial charge in [0.15, 0.2) is 0 Å². The van der Waals surface area contributed by atoms with Gasteiger partial charge in [-0.05, 0) is 50.3 Å². The molecule has 0 aliphatic carbocycles. The summed E-state index contributed by atoms with van der Waals surface area (Å²) >= 11 is 8.32. The predicted molar refractivity (Wildman–Crippen MR) is 173 cm³/mol. The lowest BCUT2D eigenvalue weighted by Gasteiger charge is -2.40. The number of anilines is 1. The third-order valence-corrected chi connectivity index (χ3v) is 11.7. The van der Waals surface area contributed by atoms with Crippen LogP contribution in [-0.2, 0) is 20.8 Å². The Morgan fingerprint density at radius 1 is 1.12 bits per heavy atom. The van der Waals surface area contributed by atoms with E-state index in [1.165, 1.54) is 0 Å². The Morgan fingerprint density at radius 2 is 1.81 bits per heavy atom. The average molecular weight is 622 g/mol. The van der Waals surface area contributed by atoms with Crippen molar-refractivity contribution in [2.24, 2.45) is 11.8 Å². The van der Waals surface area contributed by atoms with E-state index in [9.17, 15) is 14.7 Å². The molecule has 3 aliphatic rings. The molecule has 7 nitrogen and oxygen atoms in total. The fourth-order valence-corrected chi connectivity index (χ4v) is 10.3. The number of fused-ring (bicyclic) bond motifs is 1. The van der Waals surface area contributed by atoms with E-state index >= 15 is 4.79 Å². The highest BCUT2D eigenvalue weighted by atomic mass is 35.5. The number of nitrogens with zero attached hydrogens (tertiary/aromatic N) is 3. The van der Waals surface area contributed by atoms with Crippen LogP contribution < -0.4 is 4.90 Å². The first-order valence-corrected chi connectivity index (χ1v) is 15.9. The molecule has 2 unspecified atom stereocenters. The number of hydrogen-bond acceptors (Lipinski definition) is 5. The Balaban J connectivity index is 1.66. The van der Waals surface area contributed by atoms with Gasteiger partial charge in [0, 0.05) is 24.9 Å². The van der Waals surface area contributed by atoms with E-state index in [4.69, 9.17) is 11.6 Å². The minimum atomic E-state index is -0.907. The van der Waals surface area contributed by atoms with Crippen LogP contribution in [0.25, 0.3) is 0 Å². The zero-order chi connectivity index (χ0) is 31.1. The van der Waals surface area contributed by atoms with Gasteiger partial charge in [0.1, 0.15) is 6.04 Å². The van der Waals surface area contributed by atoms with E-state index in [2.05, 4.69) is 20.1 Å². The molecule has 2 aromatic rings. The first-order chi connectivity index (χ1) is 20.5. The van der Waals surface area contributed by atoms with Crippen LogP contribution in [0.4, 0.5) is 5.69 Å². The second kappa shape index (κ2) is 12.1. The van der Waals surface area contributed by atoms with Gasteiger partial charge in [0.2, 0.25) is 11.8 Å². The number of aliphatic hydroxyl groups excluding tert-OH is 1. The minimum absolute atomic E-state index is 0.114. The summed E-state index contributed by atoms with van der Waals surface area (Å²) < 4.78 is -1.34. The van der Waals surface area contributed by atoms with Crippen LogP contribution in [0.1, 0.15) is 30.9 Å². The smallest absolute Gasteiger partial charge is 0.251 e. The van der Waals surface area contributed by atoms with Crippen molar-refractivity contribution < 1.29 is 19.5 Å². The second-order valence-electron chi connectivity index (χ2n) is 12.1. The van der Waals surface area contributed by atoms with E-state index in [-0.39, 0.29) is 30.9 Å². The number of aliphatic hydroxyl groups is 1. The third kappa shape index (κ3) is 5.11. The average Bonchev–Trinajstić information content (AvgIpc) is 3.56. The molecule has 6 atom stereocenters. The third-order valence-electron chi connectivity index (χ3n) is 9.45. The van der Waals surface area contributed by atoms with Crippen LogP contribution in [0.2, 0.25) is 5.02 Å².